The zero-order chi connectivity index (χ0) is 15.4. The molecule has 0 fully saturated rings. The summed E-state index contributed by atoms with van der Waals surface area (Å²) in [6.07, 6.45) is 4.18. The van der Waals surface area contributed by atoms with Gasteiger partial charge in [0, 0.05) is 12.0 Å². The summed E-state index contributed by atoms with van der Waals surface area (Å²) in [6, 6.07) is 3.35. The largest absolute Gasteiger partial charge is 0.503 e. The van der Waals surface area contributed by atoms with Gasteiger partial charge in [-0.05, 0) is 18.4 Å². The molecule has 0 aliphatic rings. The summed E-state index contributed by atoms with van der Waals surface area (Å²) in [7, 11) is 1.47. The van der Waals surface area contributed by atoms with Crippen LogP contribution in [0.25, 0.3) is 0 Å². The van der Waals surface area contributed by atoms with Crippen molar-refractivity contribution in [1.82, 2.24) is 14.9 Å². The molecule has 2 rings (SSSR count). The second-order valence-electron chi connectivity index (χ2n) is 4.03. The number of hydrogen-bond acceptors (Lipinski definition) is 6. The fourth-order valence-electron chi connectivity index (χ4n) is 1.71. The lowest BCUT2D eigenvalue weighted by atomic mass is 10.2. The molecule has 1 N–H and O–H groups in total. The highest BCUT2D eigenvalue weighted by Gasteiger charge is 2.11. The first-order chi connectivity index (χ1) is 10.1. The molecule has 0 bridgehead atoms. The molecule has 0 saturated heterocycles. The lowest BCUT2D eigenvalue weighted by Crippen LogP contribution is -1.99. The molecule has 0 aliphatic heterocycles. The normalized spacial score (nSPS) is 11.2. The third-order valence-corrected chi connectivity index (χ3v) is 3.83. The summed E-state index contributed by atoms with van der Waals surface area (Å²) in [5.74, 6) is 0.970. The maximum Gasteiger partial charge on any atom is 0.211 e. The Morgan fingerprint density at radius 2 is 2.24 bits per heavy atom. The van der Waals surface area contributed by atoms with E-state index in [-0.39, 0.29) is 10.8 Å². The average Bonchev–Trinajstić information content (AvgIpc) is 2.90. The minimum atomic E-state index is -0.104. The summed E-state index contributed by atoms with van der Waals surface area (Å²) in [6.45, 7) is 1.98. The Labute approximate surface area is 131 Å². The quantitative estimate of drug-likeness (QED) is 0.675. The van der Waals surface area contributed by atoms with Crippen molar-refractivity contribution in [2.45, 2.75) is 18.5 Å². The third kappa shape index (κ3) is 3.14. The minimum Gasteiger partial charge on any atom is -0.503 e. The van der Waals surface area contributed by atoms with Crippen LogP contribution in [0.1, 0.15) is 18.3 Å². The van der Waals surface area contributed by atoms with Gasteiger partial charge in [-0.3, -0.25) is 0 Å². The second kappa shape index (κ2) is 6.82. The van der Waals surface area contributed by atoms with Crippen molar-refractivity contribution in [3.05, 3.63) is 28.5 Å². The summed E-state index contributed by atoms with van der Waals surface area (Å²) in [4.78, 5) is 0. The molecule has 0 aliphatic carbocycles. The first-order valence-electron chi connectivity index (χ1n) is 6.20. The third-order valence-electron chi connectivity index (χ3n) is 2.82. The van der Waals surface area contributed by atoms with E-state index in [0.29, 0.717) is 22.9 Å². The molecule has 1 aromatic heterocycles. The van der Waals surface area contributed by atoms with Crippen LogP contribution in [0.15, 0.2) is 22.4 Å². The van der Waals surface area contributed by atoms with E-state index in [1.54, 1.807) is 23.0 Å². The van der Waals surface area contributed by atoms with Gasteiger partial charge in [-0.2, -0.15) is 9.78 Å². The van der Waals surface area contributed by atoms with E-state index >= 15 is 0 Å². The van der Waals surface area contributed by atoms with Gasteiger partial charge in [0.2, 0.25) is 5.16 Å². The molecule has 0 atom stereocenters. The van der Waals surface area contributed by atoms with E-state index in [0.717, 1.165) is 5.82 Å². The number of rotatable bonds is 5. The molecule has 112 valence electrons. The van der Waals surface area contributed by atoms with Crippen molar-refractivity contribution in [3.8, 4) is 11.5 Å². The highest BCUT2D eigenvalue weighted by atomic mass is 35.5. The van der Waals surface area contributed by atoms with Crippen LogP contribution in [0.2, 0.25) is 5.02 Å². The van der Waals surface area contributed by atoms with Gasteiger partial charge in [-0.1, -0.05) is 30.3 Å². The van der Waals surface area contributed by atoms with Crippen molar-refractivity contribution in [1.29, 1.82) is 0 Å². The fraction of sp³-hybridized carbons (Fsp3) is 0.308. The summed E-state index contributed by atoms with van der Waals surface area (Å²) in [5, 5.41) is 23.2. The molecular weight excluding hydrogens is 312 g/mol. The van der Waals surface area contributed by atoms with Gasteiger partial charge in [0.15, 0.2) is 17.3 Å². The first-order valence-corrected chi connectivity index (χ1v) is 7.80. The van der Waals surface area contributed by atoms with E-state index in [4.69, 9.17) is 16.3 Å². The van der Waals surface area contributed by atoms with Crippen molar-refractivity contribution < 1.29 is 9.84 Å². The molecule has 8 heteroatoms. The highest BCUT2D eigenvalue weighted by Crippen LogP contribution is 2.35. The number of phenolic OH excluding ortho intramolecular Hbond substituents is 1. The maximum atomic E-state index is 9.88. The summed E-state index contributed by atoms with van der Waals surface area (Å²) < 4.78 is 6.65. The van der Waals surface area contributed by atoms with Gasteiger partial charge >= 0.3 is 0 Å². The van der Waals surface area contributed by atoms with Crippen molar-refractivity contribution in [2.75, 3.05) is 13.4 Å². The molecular formula is C13H15ClN4O2S. The smallest absolute Gasteiger partial charge is 0.211 e. The van der Waals surface area contributed by atoms with E-state index in [1.807, 2.05) is 13.2 Å². The number of methoxy groups -OCH3 is 1. The lowest BCUT2D eigenvalue weighted by molar-refractivity contribution is 0.373. The van der Waals surface area contributed by atoms with Crippen LogP contribution in [0.5, 0.6) is 11.5 Å². The molecule has 6 nitrogen and oxygen atoms in total. The van der Waals surface area contributed by atoms with Crippen LogP contribution >= 0.6 is 23.4 Å². The van der Waals surface area contributed by atoms with E-state index in [9.17, 15) is 5.11 Å². The number of aromatic hydroxyl groups is 1. The van der Waals surface area contributed by atoms with Gasteiger partial charge in [0.25, 0.3) is 0 Å². The Kier molecular flexibility index (Phi) is 5.08. The number of aryl methyl sites for hydroxylation is 1. The Balaban J connectivity index is 2.38. The lowest BCUT2D eigenvalue weighted by Gasteiger charge is -2.07. The zero-order valence-electron chi connectivity index (χ0n) is 11.9. The van der Waals surface area contributed by atoms with Crippen LogP contribution in [0.3, 0.4) is 0 Å². The molecule has 0 spiro atoms. The van der Waals surface area contributed by atoms with E-state index in [1.165, 1.54) is 18.9 Å². The molecule has 2 aromatic rings. The number of hydrogen-bond donors (Lipinski definition) is 1. The number of halogens is 1. The Morgan fingerprint density at radius 1 is 1.48 bits per heavy atom. The molecule has 0 saturated carbocycles. The van der Waals surface area contributed by atoms with Crippen molar-refractivity contribution in [2.24, 2.45) is 5.10 Å². The fourth-order valence-corrected chi connectivity index (χ4v) is 2.36. The Bertz CT molecular complexity index is 651. The number of ether oxygens (including phenoxy) is 1. The SMILES string of the molecule is CCc1nnc(SC)n1/N=C\c1ccc(OC)c(O)c1Cl. The van der Waals surface area contributed by atoms with Gasteiger partial charge in [-0.15, -0.1) is 10.2 Å². The standard InChI is InChI=1S/C13H15ClN4O2S/c1-4-10-16-17-13(21-3)18(10)15-7-8-5-6-9(20-2)12(19)11(8)14/h5-7,19H,4H2,1-3H3/b15-7-. The predicted octanol–water partition coefficient (Wildman–Crippen LogP) is 2.81. The molecule has 1 aromatic carbocycles. The molecule has 0 unspecified atom stereocenters. The van der Waals surface area contributed by atoms with Gasteiger partial charge in [0.05, 0.1) is 18.3 Å². The highest BCUT2D eigenvalue weighted by molar-refractivity contribution is 7.98. The minimum absolute atomic E-state index is 0.104. The van der Waals surface area contributed by atoms with Crippen LogP contribution < -0.4 is 4.74 Å². The zero-order valence-corrected chi connectivity index (χ0v) is 13.4. The van der Waals surface area contributed by atoms with Crippen LogP contribution in [-0.4, -0.2) is 39.6 Å². The Hall–Kier alpha value is -1.73. The summed E-state index contributed by atoms with van der Waals surface area (Å²) >= 11 is 7.55. The topological polar surface area (TPSA) is 72.5 Å². The molecule has 0 radical (unpaired) electrons. The first kappa shape index (κ1) is 15.7. The average molecular weight is 327 g/mol. The number of nitrogens with zero attached hydrogens (tertiary/aromatic N) is 4. The van der Waals surface area contributed by atoms with Gasteiger partial charge in [-0.25, -0.2) is 0 Å². The van der Waals surface area contributed by atoms with Gasteiger partial charge < -0.3 is 9.84 Å². The number of aromatic nitrogens is 3. The van der Waals surface area contributed by atoms with Crippen LogP contribution in [0, 0.1) is 0 Å². The Morgan fingerprint density at radius 3 is 2.86 bits per heavy atom. The maximum absolute atomic E-state index is 9.88. The van der Waals surface area contributed by atoms with Crippen molar-refractivity contribution in [3.63, 3.8) is 0 Å². The van der Waals surface area contributed by atoms with E-state index < -0.39 is 0 Å². The van der Waals surface area contributed by atoms with Crippen LogP contribution in [-0.2, 0) is 6.42 Å². The number of thioether (sulfide) groups is 1. The number of benzene rings is 1. The van der Waals surface area contributed by atoms with Crippen LogP contribution in [0.4, 0.5) is 0 Å². The predicted molar refractivity (Wildman–Crippen MR) is 83.8 cm³/mol. The molecule has 21 heavy (non-hydrogen) atoms. The second-order valence-corrected chi connectivity index (χ2v) is 5.18. The monoisotopic (exact) mass is 326 g/mol. The van der Waals surface area contributed by atoms with Gasteiger partial charge in [0.1, 0.15) is 0 Å². The summed E-state index contributed by atoms with van der Waals surface area (Å²) in [5.41, 5.74) is 0.581. The van der Waals surface area contributed by atoms with Crippen molar-refractivity contribution >= 4 is 29.6 Å². The van der Waals surface area contributed by atoms with E-state index in [2.05, 4.69) is 15.3 Å². The number of phenols is 1. The molecule has 1 heterocycles. The molecule has 0 amide bonds.